The predicted octanol–water partition coefficient (Wildman–Crippen LogP) is 3.21. The highest BCUT2D eigenvalue weighted by Crippen LogP contribution is 2.20. The number of carbonyl (C=O) groups excluding carboxylic acids is 1. The van der Waals surface area contributed by atoms with E-state index in [4.69, 9.17) is 4.74 Å². The van der Waals surface area contributed by atoms with Crippen LogP contribution in [0.25, 0.3) is 6.08 Å². The van der Waals surface area contributed by atoms with Gasteiger partial charge in [0.25, 0.3) is 5.69 Å². The molecule has 6 nitrogen and oxygen atoms in total. The first-order valence-electron chi connectivity index (χ1n) is 7.46. The molecule has 2 rings (SSSR count). The molecule has 0 atom stereocenters. The minimum absolute atomic E-state index is 0.156. The minimum atomic E-state index is -0.704. The summed E-state index contributed by atoms with van der Waals surface area (Å²) in [5.41, 5.74) is 1.66. The fraction of sp³-hybridized carbons (Fsp3) is 0.167. The number of hydrogen-bond donors (Lipinski definition) is 1. The first-order valence-corrected chi connectivity index (χ1v) is 7.46. The summed E-state index contributed by atoms with van der Waals surface area (Å²) in [7, 11) is 1.61. The summed E-state index contributed by atoms with van der Waals surface area (Å²) < 4.78 is 18.1. The molecule has 1 N–H and O–H groups in total. The zero-order valence-electron chi connectivity index (χ0n) is 13.6. The minimum Gasteiger partial charge on any atom is -0.380 e. The average Bonchev–Trinajstić information content (AvgIpc) is 2.59. The van der Waals surface area contributed by atoms with Gasteiger partial charge in [-0.3, -0.25) is 14.9 Å². The van der Waals surface area contributed by atoms with E-state index in [0.29, 0.717) is 13.2 Å². The van der Waals surface area contributed by atoms with Gasteiger partial charge >= 0.3 is 0 Å². The molecule has 0 aromatic heterocycles. The summed E-state index contributed by atoms with van der Waals surface area (Å²) >= 11 is 0. The second-order valence-electron chi connectivity index (χ2n) is 5.26. The van der Waals surface area contributed by atoms with Crippen LogP contribution in [-0.4, -0.2) is 17.9 Å². The first-order chi connectivity index (χ1) is 12.0. The molecule has 25 heavy (non-hydrogen) atoms. The lowest BCUT2D eigenvalue weighted by molar-refractivity contribution is -0.385. The Kier molecular flexibility index (Phi) is 6.36. The second kappa shape index (κ2) is 8.70. The predicted molar refractivity (Wildman–Crippen MR) is 91.1 cm³/mol. The smallest absolute Gasteiger partial charge is 0.279 e. The van der Waals surface area contributed by atoms with Crippen molar-refractivity contribution in [2.45, 2.75) is 13.2 Å². The number of ether oxygens (including phenoxy) is 1. The molecule has 0 unspecified atom stereocenters. The first kappa shape index (κ1) is 18.3. The molecule has 7 heteroatoms. The molecule has 130 valence electrons. The standard InChI is InChI=1S/C18H17FN2O4/c1-25-12-14-4-2-3-13(9-14)11-20-18(22)8-6-15-5-7-16(19)10-17(15)21(23)24/h2-10H,11-12H2,1H3,(H,20,22). The SMILES string of the molecule is COCc1cccc(CNC(=O)C=Cc2ccc(F)cc2[N+](=O)[O-])c1. The van der Waals surface area contributed by atoms with Crippen LogP contribution in [0, 0.1) is 15.9 Å². The highest BCUT2D eigenvalue weighted by atomic mass is 19.1. The Bertz CT molecular complexity index is 805. The Balaban J connectivity index is 2.00. The third-order valence-corrected chi connectivity index (χ3v) is 3.37. The largest absolute Gasteiger partial charge is 0.380 e. The Morgan fingerprint density at radius 2 is 2.04 bits per heavy atom. The third kappa shape index (κ3) is 5.50. The van der Waals surface area contributed by atoms with Crippen LogP contribution in [0.1, 0.15) is 16.7 Å². The van der Waals surface area contributed by atoms with E-state index in [-0.39, 0.29) is 5.56 Å². The monoisotopic (exact) mass is 344 g/mol. The van der Waals surface area contributed by atoms with Crippen LogP contribution in [0.4, 0.5) is 10.1 Å². The number of benzene rings is 2. The van der Waals surface area contributed by atoms with E-state index in [1.165, 1.54) is 18.2 Å². The lowest BCUT2D eigenvalue weighted by atomic mass is 10.1. The quantitative estimate of drug-likeness (QED) is 0.475. The maximum atomic E-state index is 13.1. The van der Waals surface area contributed by atoms with Gasteiger partial charge in [0.05, 0.1) is 23.2 Å². The van der Waals surface area contributed by atoms with E-state index in [9.17, 15) is 19.3 Å². The van der Waals surface area contributed by atoms with Crippen LogP contribution in [0.3, 0.4) is 0 Å². The Morgan fingerprint density at radius 1 is 1.28 bits per heavy atom. The summed E-state index contributed by atoms with van der Waals surface area (Å²) in [6.45, 7) is 0.794. The molecule has 0 fully saturated rings. The van der Waals surface area contributed by atoms with Crippen LogP contribution in [-0.2, 0) is 22.7 Å². The number of amides is 1. The number of rotatable bonds is 7. The molecule has 0 saturated heterocycles. The van der Waals surface area contributed by atoms with Gasteiger partial charge in [0.15, 0.2) is 0 Å². The van der Waals surface area contributed by atoms with E-state index < -0.39 is 22.3 Å². The Morgan fingerprint density at radius 3 is 2.76 bits per heavy atom. The van der Waals surface area contributed by atoms with Crippen LogP contribution >= 0.6 is 0 Å². The van der Waals surface area contributed by atoms with Crippen molar-refractivity contribution in [3.05, 3.63) is 81.2 Å². The van der Waals surface area contributed by atoms with E-state index in [0.717, 1.165) is 23.3 Å². The highest BCUT2D eigenvalue weighted by molar-refractivity contribution is 5.92. The number of nitro benzene ring substituents is 1. The maximum Gasteiger partial charge on any atom is 0.279 e. The molecule has 0 aliphatic rings. The molecular weight excluding hydrogens is 327 g/mol. The van der Waals surface area contributed by atoms with Gasteiger partial charge in [-0.1, -0.05) is 24.3 Å². The second-order valence-corrected chi connectivity index (χ2v) is 5.26. The van der Waals surface area contributed by atoms with Crippen LogP contribution in [0.5, 0.6) is 0 Å². The molecule has 1 amide bonds. The average molecular weight is 344 g/mol. The van der Waals surface area contributed by atoms with Crippen molar-refractivity contribution in [2.24, 2.45) is 0 Å². The van der Waals surface area contributed by atoms with Crippen LogP contribution in [0.15, 0.2) is 48.5 Å². The number of carbonyl (C=O) groups is 1. The fourth-order valence-electron chi connectivity index (χ4n) is 2.23. The number of hydrogen-bond acceptors (Lipinski definition) is 4. The molecule has 0 saturated carbocycles. The van der Waals surface area contributed by atoms with Gasteiger partial charge in [0, 0.05) is 19.7 Å². The van der Waals surface area contributed by atoms with Crippen molar-refractivity contribution in [3.8, 4) is 0 Å². The molecule has 2 aromatic rings. The van der Waals surface area contributed by atoms with Crippen LogP contribution < -0.4 is 5.32 Å². The van der Waals surface area contributed by atoms with E-state index >= 15 is 0 Å². The van der Waals surface area contributed by atoms with Gasteiger partial charge in [-0.25, -0.2) is 4.39 Å². The Labute approximate surface area is 144 Å². The summed E-state index contributed by atoms with van der Waals surface area (Å²) in [5, 5.41) is 13.6. The molecular formula is C18H17FN2O4. The number of nitro groups is 1. The van der Waals surface area contributed by atoms with Crippen molar-refractivity contribution >= 4 is 17.7 Å². The molecule has 0 aliphatic heterocycles. The van der Waals surface area contributed by atoms with Gasteiger partial charge < -0.3 is 10.1 Å². The number of nitrogens with zero attached hydrogens (tertiary/aromatic N) is 1. The highest BCUT2D eigenvalue weighted by Gasteiger charge is 2.12. The lowest BCUT2D eigenvalue weighted by Gasteiger charge is -2.05. The summed E-state index contributed by atoms with van der Waals surface area (Å²) in [6, 6.07) is 10.7. The van der Waals surface area contributed by atoms with Crippen LogP contribution in [0.2, 0.25) is 0 Å². The van der Waals surface area contributed by atoms with Crippen molar-refractivity contribution in [2.75, 3.05) is 7.11 Å². The van der Waals surface area contributed by atoms with E-state index in [1.54, 1.807) is 7.11 Å². The normalized spacial score (nSPS) is 10.8. The van der Waals surface area contributed by atoms with Gasteiger partial charge in [-0.2, -0.15) is 0 Å². The fourth-order valence-corrected chi connectivity index (χ4v) is 2.23. The number of halogens is 1. The lowest BCUT2D eigenvalue weighted by Crippen LogP contribution is -2.20. The third-order valence-electron chi connectivity index (χ3n) is 3.37. The zero-order chi connectivity index (χ0) is 18.2. The number of nitrogens with one attached hydrogen (secondary N) is 1. The topological polar surface area (TPSA) is 81.5 Å². The number of methoxy groups -OCH3 is 1. The van der Waals surface area contributed by atoms with E-state index in [1.807, 2.05) is 24.3 Å². The maximum absolute atomic E-state index is 13.1. The summed E-state index contributed by atoms with van der Waals surface area (Å²) in [5.74, 6) is -1.11. The van der Waals surface area contributed by atoms with Crippen molar-refractivity contribution in [3.63, 3.8) is 0 Å². The van der Waals surface area contributed by atoms with Gasteiger partial charge in [0.1, 0.15) is 5.82 Å². The van der Waals surface area contributed by atoms with E-state index in [2.05, 4.69) is 5.32 Å². The zero-order valence-corrected chi connectivity index (χ0v) is 13.6. The summed E-state index contributed by atoms with van der Waals surface area (Å²) in [4.78, 5) is 22.1. The Hall–Kier alpha value is -3.06. The van der Waals surface area contributed by atoms with Crippen molar-refractivity contribution < 1.29 is 18.8 Å². The van der Waals surface area contributed by atoms with Crippen molar-refractivity contribution in [1.29, 1.82) is 0 Å². The molecule has 0 bridgehead atoms. The summed E-state index contributed by atoms with van der Waals surface area (Å²) in [6.07, 6.45) is 2.47. The van der Waals surface area contributed by atoms with Gasteiger partial charge in [-0.05, 0) is 29.3 Å². The molecule has 0 aliphatic carbocycles. The molecule has 0 spiro atoms. The van der Waals surface area contributed by atoms with Crippen molar-refractivity contribution in [1.82, 2.24) is 5.32 Å². The van der Waals surface area contributed by atoms with Gasteiger partial charge in [0.2, 0.25) is 5.91 Å². The van der Waals surface area contributed by atoms with Gasteiger partial charge in [-0.15, -0.1) is 0 Å². The molecule has 0 heterocycles. The molecule has 2 aromatic carbocycles. The molecule has 0 radical (unpaired) electrons.